The van der Waals surface area contributed by atoms with E-state index in [0.29, 0.717) is 11.5 Å². The first-order valence-corrected chi connectivity index (χ1v) is 17.8. The van der Waals surface area contributed by atoms with E-state index in [1.54, 1.807) is 0 Å². The van der Waals surface area contributed by atoms with Crippen LogP contribution in [0.5, 0.6) is 0 Å². The lowest BCUT2D eigenvalue weighted by Gasteiger charge is -2.28. The third-order valence-corrected chi connectivity index (χ3v) is 9.93. The number of oxazole rings is 1. The summed E-state index contributed by atoms with van der Waals surface area (Å²) in [4.78, 5) is 7.18. The molecule has 0 aliphatic carbocycles. The first-order valence-electron chi connectivity index (χ1n) is 17.8. The molecule has 0 spiro atoms. The standard InChI is InChI=1S/C49H32N2O2/c1-4-13-33(14-5-1)35-23-25-37(26-24-35)40-19-10-11-20-43(40)51(39-29-27-36(28-30-39)34-15-6-2-7-16-34)44-21-12-22-45-48(44)41-31-47-42(32-46(41)52-45)50-49(53-47)38-17-8-3-9-18-38/h1-32H. The van der Waals surface area contributed by atoms with Gasteiger partial charge < -0.3 is 13.7 Å². The Morgan fingerprint density at radius 3 is 1.60 bits per heavy atom. The van der Waals surface area contributed by atoms with Crippen molar-refractivity contribution >= 4 is 50.1 Å². The molecule has 0 N–H and O–H groups in total. The van der Waals surface area contributed by atoms with E-state index in [-0.39, 0.29) is 0 Å². The molecule has 0 radical (unpaired) electrons. The van der Waals surface area contributed by atoms with Crippen LogP contribution in [0.25, 0.3) is 77.9 Å². The molecule has 10 rings (SSSR count). The van der Waals surface area contributed by atoms with E-state index in [4.69, 9.17) is 13.8 Å². The molecule has 4 nitrogen and oxygen atoms in total. The van der Waals surface area contributed by atoms with Crippen LogP contribution in [0.3, 0.4) is 0 Å². The largest absolute Gasteiger partial charge is 0.456 e. The summed E-state index contributed by atoms with van der Waals surface area (Å²) < 4.78 is 12.9. The molecule has 0 saturated heterocycles. The minimum absolute atomic E-state index is 0.588. The molecule has 250 valence electrons. The first-order chi connectivity index (χ1) is 26.3. The van der Waals surface area contributed by atoms with Gasteiger partial charge >= 0.3 is 0 Å². The highest BCUT2D eigenvalue weighted by Crippen LogP contribution is 2.47. The van der Waals surface area contributed by atoms with Gasteiger partial charge in [0, 0.05) is 28.3 Å². The quantitative estimate of drug-likeness (QED) is 0.168. The predicted octanol–water partition coefficient (Wildman–Crippen LogP) is 13.9. The third kappa shape index (κ3) is 5.54. The summed E-state index contributed by atoms with van der Waals surface area (Å²) in [7, 11) is 0. The van der Waals surface area contributed by atoms with Crippen molar-refractivity contribution in [1.29, 1.82) is 0 Å². The topological polar surface area (TPSA) is 42.4 Å². The lowest BCUT2D eigenvalue weighted by atomic mass is 9.97. The zero-order chi connectivity index (χ0) is 35.1. The summed E-state index contributed by atoms with van der Waals surface area (Å²) in [5.41, 5.74) is 14.0. The Balaban J connectivity index is 1.17. The molecular weight excluding hydrogens is 649 g/mol. The summed E-state index contributed by atoms with van der Waals surface area (Å²) in [6.07, 6.45) is 0. The number of fused-ring (bicyclic) bond motifs is 4. The Bertz CT molecular complexity index is 2860. The van der Waals surface area contributed by atoms with Crippen LogP contribution in [0.1, 0.15) is 0 Å². The fraction of sp³-hybridized carbons (Fsp3) is 0. The van der Waals surface area contributed by atoms with Gasteiger partial charge in [-0.05, 0) is 76.3 Å². The Morgan fingerprint density at radius 1 is 0.377 bits per heavy atom. The number of hydrogen-bond acceptors (Lipinski definition) is 4. The van der Waals surface area contributed by atoms with Gasteiger partial charge in [-0.15, -0.1) is 0 Å². The van der Waals surface area contributed by atoms with Crippen LogP contribution in [0.4, 0.5) is 17.1 Å². The van der Waals surface area contributed by atoms with E-state index >= 15 is 0 Å². The van der Waals surface area contributed by atoms with E-state index in [1.807, 2.05) is 48.5 Å². The molecule has 53 heavy (non-hydrogen) atoms. The second-order valence-electron chi connectivity index (χ2n) is 13.2. The molecule has 0 saturated carbocycles. The van der Waals surface area contributed by atoms with E-state index in [2.05, 4.69) is 150 Å². The Morgan fingerprint density at radius 2 is 0.925 bits per heavy atom. The van der Waals surface area contributed by atoms with Gasteiger partial charge in [0.2, 0.25) is 5.89 Å². The number of anilines is 3. The van der Waals surface area contributed by atoms with Crippen molar-refractivity contribution in [2.75, 3.05) is 4.90 Å². The molecule has 2 aromatic heterocycles. The zero-order valence-corrected chi connectivity index (χ0v) is 28.7. The molecule has 0 aliphatic rings. The van der Waals surface area contributed by atoms with Gasteiger partial charge in [0.05, 0.1) is 16.8 Å². The Hall–Kier alpha value is -7.17. The van der Waals surface area contributed by atoms with Crippen LogP contribution in [-0.2, 0) is 0 Å². The monoisotopic (exact) mass is 680 g/mol. The molecule has 0 aliphatic heterocycles. The lowest BCUT2D eigenvalue weighted by Crippen LogP contribution is -2.11. The smallest absolute Gasteiger partial charge is 0.227 e. The van der Waals surface area contributed by atoms with Crippen LogP contribution < -0.4 is 4.90 Å². The second kappa shape index (κ2) is 12.9. The van der Waals surface area contributed by atoms with Crippen molar-refractivity contribution in [1.82, 2.24) is 4.98 Å². The number of aromatic nitrogens is 1. The average molecular weight is 681 g/mol. The van der Waals surface area contributed by atoms with Gasteiger partial charge in [-0.25, -0.2) is 4.98 Å². The molecule has 2 heterocycles. The number of furan rings is 1. The first kappa shape index (κ1) is 30.6. The van der Waals surface area contributed by atoms with Crippen molar-refractivity contribution in [3.8, 4) is 44.8 Å². The number of para-hydroxylation sites is 1. The van der Waals surface area contributed by atoms with Crippen molar-refractivity contribution in [2.45, 2.75) is 0 Å². The van der Waals surface area contributed by atoms with E-state index < -0.39 is 0 Å². The number of rotatable bonds is 7. The molecule has 0 fully saturated rings. The lowest BCUT2D eigenvalue weighted by molar-refractivity contribution is 0.620. The molecule has 4 heteroatoms. The zero-order valence-electron chi connectivity index (χ0n) is 28.7. The number of hydrogen-bond donors (Lipinski definition) is 0. The summed E-state index contributed by atoms with van der Waals surface area (Å²) in [6.45, 7) is 0. The molecule has 10 aromatic rings. The summed E-state index contributed by atoms with van der Waals surface area (Å²) >= 11 is 0. The van der Waals surface area contributed by atoms with Crippen molar-refractivity contribution in [3.05, 3.63) is 194 Å². The van der Waals surface area contributed by atoms with Crippen LogP contribution in [-0.4, -0.2) is 4.98 Å². The summed E-state index contributed by atoms with van der Waals surface area (Å²) in [5, 5.41) is 1.97. The Labute approximate surface area is 306 Å². The van der Waals surface area contributed by atoms with Gasteiger partial charge in [-0.3, -0.25) is 0 Å². The number of nitrogens with zero attached hydrogens (tertiary/aromatic N) is 2. The fourth-order valence-electron chi connectivity index (χ4n) is 7.35. The molecule has 0 bridgehead atoms. The molecule has 0 atom stereocenters. The maximum absolute atomic E-state index is 6.58. The van der Waals surface area contributed by atoms with E-state index in [1.165, 1.54) is 16.7 Å². The van der Waals surface area contributed by atoms with E-state index in [0.717, 1.165) is 66.8 Å². The average Bonchev–Trinajstić information content (AvgIpc) is 3.82. The molecule has 0 amide bonds. The van der Waals surface area contributed by atoms with Crippen LogP contribution in [0.2, 0.25) is 0 Å². The van der Waals surface area contributed by atoms with E-state index in [9.17, 15) is 0 Å². The minimum atomic E-state index is 0.588. The van der Waals surface area contributed by atoms with Crippen LogP contribution in [0.15, 0.2) is 203 Å². The van der Waals surface area contributed by atoms with Crippen molar-refractivity contribution in [2.24, 2.45) is 0 Å². The summed E-state index contributed by atoms with van der Waals surface area (Å²) in [6, 6.07) is 67.6. The van der Waals surface area contributed by atoms with Crippen molar-refractivity contribution in [3.63, 3.8) is 0 Å². The molecule has 8 aromatic carbocycles. The summed E-state index contributed by atoms with van der Waals surface area (Å²) in [5.74, 6) is 0.588. The normalized spacial score (nSPS) is 11.4. The van der Waals surface area contributed by atoms with Gasteiger partial charge in [-0.1, -0.05) is 140 Å². The highest BCUT2D eigenvalue weighted by molar-refractivity contribution is 6.16. The second-order valence-corrected chi connectivity index (χ2v) is 13.2. The van der Waals surface area contributed by atoms with Crippen molar-refractivity contribution < 1.29 is 8.83 Å². The fourth-order valence-corrected chi connectivity index (χ4v) is 7.35. The van der Waals surface area contributed by atoms with Crippen LogP contribution in [0, 0.1) is 0 Å². The van der Waals surface area contributed by atoms with Crippen LogP contribution >= 0.6 is 0 Å². The number of benzene rings is 8. The molecule has 0 unspecified atom stereocenters. The van der Waals surface area contributed by atoms with Gasteiger partial charge in [0.25, 0.3) is 0 Å². The predicted molar refractivity (Wildman–Crippen MR) is 218 cm³/mol. The highest BCUT2D eigenvalue weighted by atomic mass is 16.4. The molecular formula is C49H32N2O2. The maximum Gasteiger partial charge on any atom is 0.227 e. The SMILES string of the molecule is c1ccc(-c2ccc(-c3ccccc3N(c3ccc(-c4ccccc4)cc3)c3cccc4oc5cc6nc(-c7ccccc7)oc6cc5c34)cc2)cc1. The third-order valence-electron chi connectivity index (χ3n) is 9.93. The Kier molecular flexibility index (Phi) is 7.43. The van der Waals surface area contributed by atoms with Gasteiger partial charge in [0.1, 0.15) is 16.7 Å². The van der Waals surface area contributed by atoms with Gasteiger partial charge in [-0.2, -0.15) is 0 Å². The minimum Gasteiger partial charge on any atom is -0.456 e. The van der Waals surface area contributed by atoms with Gasteiger partial charge in [0.15, 0.2) is 5.58 Å². The highest BCUT2D eigenvalue weighted by Gasteiger charge is 2.23. The maximum atomic E-state index is 6.58.